The quantitative estimate of drug-likeness (QED) is 0.661. The molecule has 2 N–H and O–H groups in total. The highest BCUT2D eigenvalue weighted by molar-refractivity contribution is 5.97. The summed E-state index contributed by atoms with van der Waals surface area (Å²) < 4.78 is 13.1. The number of carbonyl (C=O) groups excluding carboxylic acids is 2. The second kappa shape index (κ2) is 10.9. The fourth-order valence-electron chi connectivity index (χ4n) is 3.24. The fourth-order valence-corrected chi connectivity index (χ4v) is 3.24. The molecule has 0 aromatic heterocycles. The normalized spacial score (nSPS) is 13.2. The number of carbonyl (C=O) groups is 2. The molecule has 2 unspecified atom stereocenters. The van der Waals surface area contributed by atoms with Crippen LogP contribution in [-0.2, 0) is 11.2 Å². The second-order valence-corrected chi connectivity index (χ2v) is 8.02. The molecular weight excluding hydrogens is 381 g/mol. The number of likely N-dealkylation sites (N-methyl/N-ethyl adjacent to an activating group) is 1. The van der Waals surface area contributed by atoms with Gasteiger partial charge < -0.3 is 15.5 Å². The first-order valence-corrected chi connectivity index (χ1v) is 10.3. The van der Waals surface area contributed by atoms with Crippen LogP contribution in [0.5, 0.6) is 0 Å². The van der Waals surface area contributed by atoms with Gasteiger partial charge in [0.15, 0.2) is 0 Å². The zero-order valence-electron chi connectivity index (χ0n) is 18.4. The summed E-state index contributed by atoms with van der Waals surface area (Å²) in [5, 5.41) is 5.76. The third-order valence-electron chi connectivity index (χ3n) is 5.21. The van der Waals surface area contributed by atoms with Crippen LogP contribution in [0.25, 0.3) is 0 Å². The minimum atomic E-state index is -0.687. The van der Waals surface area contributed by atoms with Gasteiger partial charge in [0.2, 0.25) is 5.91 Å². The van der Waals surface area contributed by atoms with Gasteiger partial charge in [0.25, 0.3) is 5.91 Å². The van der Waals surface area contributed by atoms with Crippen LogP contribution in [0.15, 0.2) is 48.5 Å². The zero-order chi connectivity index (χ0) is 22.3. The van der Waals surface area contributed by atoms with Crippen molar-refractivity contribution >= 4 is 11.8 Å². The number of benzene rings is 2. The minimum Gasteiger partial charge on any atom is -0.352 e. The van der Waals surface area contributed by atoms with Gasteiger partial charge in [0, 0.05) is 12.1 Å². The van der Waals surface area contributed by atoms with E-state index in [1.807, 2.05) is 27.9 Å². The molecule has 0 aliphatic rings. The average Bonchev–Trinajstić information content (AvgIpc) is 2.72. The van der Waals surface area contributed by atoms with Crippen LogP contribution in [-0.4, -0.2) is 43.4 Å². The Morgan fingerprint density at radius 3 is 2.10 bits per heavy atom. The Balaban J connectivity index is 2.05. The Morgan fingerprint density at radius 2 is 1.60 bits per heavy atom. The summed E-state index contributed by atoms with van der Waals surface area (Å²) in [5.74, 6) is -1.15. The van der Waals surface area contributed by atoms with E-state index in [9.17, 15) is 14.0 Å². The summed E-state index contributed by atoms with van der Waals surface area (Å²) in [6, 6.07) is 13.0. The molecule has 0 fully saturated rings. The lowest BCUT2D eigenvalue weighted by atomic mass is 10.0. The van der Waals surface area contributed by atoms with Gasteiger partial charge in [-0.3, -0.25) is 9.59 Å². The van der Waals surface area contributed by atoms with Crippen molar-refractivity contribution in [2.75, 3.05) is 20.6 Å². The first-order valence-electron chi connectivity index (χ1n) is 10.3. The van der Waals surface area contributed by atoms with Crippen LogP contribution in [0.2, 0.25) is 0 Å². The Labute approximate surface area is 178 Å². The lowest BCUT2D eigenvalue weighted by Gasteiger charge is -2.27. The van der Waals surface area contributed by atoms with Gasteiger partial charge in [0.1, 0.15) is 11.9 Å². The molecule has 2 atom stereocenters. The number of hydrogen-bond donors (Lipinski definition) is 2. The second-order valence-electron chi connectivity index (χ2n) is 8.02. The summed E-state index contributed by atoms with van der Waals surface area (Å²) in [4.78, 5) is 27.4. The van der Waals surface area contributed by atoms with E-state index in [4.69, 9.17) is 0 Å². The highest BCUT2D eigenvalue weighted by atomic mass is 19.1. The predicted molar refractivity (Wildman–Crippen MR) is 118 cm³/mol. The van der Waals surface area contributed by atoms with E-state index in [1.54, 1.807) is 0 Å². The molecule has 0 heterocycles. The van der Waals surface area contributed by atoms with Gasteiger partial charge in [-0.2, -0.15) is 0 Å². The summed E-state index contributed by atoms with van der Waals surface area (Å²) >= 11 is 0. The third kappa shape index (κ3) is 6.39. The SMILES string of the molecule is CCc1ccc(C(CNC(=O)C(NC(=O)c2ccc(F)cc2)C(C)C)N(C)C)cc1. The van der Waals surface area contributed by atoms with E-state index in [1.165, 1.54) is 29.8 Å². The Morgan fingerprint density at radius 1 is 1.00 bits per heavy atom. The van der Waals surface area contributed by atoms with E-state index in [2.05, 4.69) is 46.7 Å². The topological polar surface area (TPSA) is 61.4 Å². The molecule has 0 aliphatic carbocycles. The van der Waals surface area contributed by atoms with Crippen molar-refractivity contribution < 1.29 is 14.0 Å². The molecule has 30 heavy (non-hydrogen) atoms. The third-order valence-corrected chi connectivity index (χ3v) is 5.21. The number of rotatable bonds is 9. The minimum absolute atomic E-state index is 0.0143. The number of amides is 2. The number of nitrogens with zero attached hydrogens (tertiary/aromatic N) is 1. The number of hydrogen-bond acceptors (Lipinski definition) is 3. The van der Waals surface area contributed by atoms with E-state index in [0.29, 0.717) is 12.1 Å². The van der Waals surface area contributed by atoms with Gasteiger partial charge >= 0.3 is 0 Å². The lowest BCUT2D eigenvalue weighted by molar-refractivity contribution is -0.124. The zero-order valence-corrected chi connectivity index (χ0v) is 18.4. The Kier molecular flexibility index (Phi) is 8.54. The van der Waals surface area contributed by atoms with Crippen LogP contribution in [0.1, 0.15) is 48.3 Å². The molecule has 0 saturated carbocycles. The van der Waals surface area contributed by atoms with Crippen molar-refractivity contribution in [3.8, 4) is 0 Å². The van der Waals surface area contributed by atoms with Crippen molar-refractivity contribution in [2.45, 2.75) is 39.3 Å². The molecule has 0 saturated heterocycles. The van der Waals surface area contributed by atoms with Crippen molar-refractivity contribution in [1.29, 1.82) is 0 Å². The monoisotopic (exact) mass is 413 g/mol. The molecule has 2 amide bonds. The first kappa shape index (κ1) is 23.5. The van der Waals surface area contributed by atoms with Crippen LogP contribution >= 0.6 is 0 Å². The van der Waals surface area contributed by atoms with Gasteiger partial charge in [-0.1, -0.05) is 45.0 Å². The summed E-state index contributed by atoms with van der Waals surface area (Å²) in [6.07, 6.45) is 0.980. The van der Waals surface area contributed by atoms with E-state index in [0.717, 1.165) is 12.0 Å². The van der Waals surface area contributed by atoms with E-state index < -0.39 is 17.8 Å². The molecule has 162 valence electrons. The number of nitrogens with one attached hydrogen (secondary N) is 2. The molecule has 0 bridgehead atoms. The smallest absolute Gasteiger partial charge is 0.251 e. The van der Waals surface area contributed by atoms with Gasteiger partial charge in [0.05, 0.1) is 6.04 Å². The van der Waals surface area contributed by atoms with Crippen molar-refractivity contribution in [2.24, 2.45) is 5.92 Å². The van der Waals surface area contributed by atoms with Gasteiger partial charge in [-0.05, 0) is 61.8 Å². The maximum absolute atomic E-state index is 13.1. The van der Waals surface area contributed by atoms with E-state index >= 15 is 0 Å². The molecule has 2 aromatic rings. The van der Waals surface area contributed by atoms with Gasteiger partial charge in [-0.25, -0.2) is 4.39 Å². The maximum Gasteiger partial charge on any atom is 0.251 e. The highest BCUT2D eigenvalue weighted by Gasteiger charge is 2.26. The van der Waals surface area contributed by atoms with Crippen LogP contribution < -0.4 is 10.6 Å². The molecule has 5 nitrogen and oxygen atoms in total. The van der Waals surface area contributed by atoms with Crippen LogP contribution in [0, 0.1) is 11.7 Å². The average molecular weight is 414 g/mol. The summed E-state index contributed by atoms with van der Waals surface area (Å²) in [6.45, 7) is 6.29. The largest absolute Gasteiger partial charge is 0.352 e. The summed E-state index contributed by atoms with van der Waals surface area (Å²) in [7, 11) is 3.95. The van der Waals surface area contributed by atoms with Crippen LogP contribution in [0.3, 0.4) is 0 Å². The van der Waals surface area contributed by atoms with Gasteiger partial charge in [-0.15, -0.1) is 0 Å². The number of aryl methyl sites for hydroxylation is 1. The molecule has 0 aliphatic heterocycles. The fraction of sp³-hybridized carbons (Fsp3) is 0.417. The molecule has 6 heteroatoms. The van der Waals surface area contributed by atoms with Crippen LogP contribution in [0.4, 0.5) is 4.39 Å². The predicted octanol–water partition coefficient (Wildman–Crippen LogP) is 3.56. The highest BCUT2D eigenvalue weighted by Crippen LogP contribution is 2.18. The van der Waals surface area contributed by atoms with E-state index in [-0.39, 0.29) is 17.9 Å². The molecule has 2 rings (SSSR count). The van der Waals surface area contributed by atoms with Crippen molar-refractivity contribution in [1.82, 2.24) is 15.5 Å². The first-order chi connectivity index (χ1) is 14.2. The summed E-state index contributed by atoms with van der Waals surface area (Å²) in [5.41, 5.74) is 2.70. The molecule has 2 aromatic carbocycles. The standard InChI is InChI=1S/C24H32FN3O2/c1-6-17-7-9-18(10-8-17)21(28(4)5)15-26-24(30)22(16(2)3)27-23(29)19-11-13-20(25)14-12-19/h7-14,16,21-22H,6,15H2,1-5H3,(H,26,30)(H,27,29). The molecule has 0 spiro atoms. The number of halogens is 1. The molecule has 0 radical (unpaired) electrons. The molecular formula is C24H32FN3O2. The van der Waals surface area contributed by atoms with Crippen molar-refractivity contribution in [3.63, 3.8) is 0 Å². The maximum atomic E-state index is 13.1. The van der Waals surface area contributed by atoms with Crippen molar-refractivity contribution in [3.05, 3.63) is 71.0 Å². The lowest BCUT2D eigenvalue weighted by Crippen LogP contribution is -2.51. The Hall–Kier alpha value is -2.73. The Bertz CT molecular complexity index is 833.